The van der Waals surface area contributed by atoms with Gasteiger partial charge in [0.15, 0.2) is 5.78 Å². The van der Waals surface area contributed by atoms with Gasteiger partial charge in [-0.25, -0.2) is 0 Å². The number of nitrogens with zero attached hydrogens (tertiary/aromatic N) is 2. The van der Waals surface area contributed by atoms with E-state index in [2.05, 4.69) is 25.7 Å². The van der Waals surface area contributed by atoms with E-state index in [1.54, 1.807) is 6.92 Å². The lowest BCUT2D eigenvalue weighted by Crippen LogP contribution is -2.50. The third-order valence-corrected chi connectivity index (χ3v) is 4.16. The Balaban J connectivity index is 2.09. The number of benzene rings is 1. The highest BCUT2D eigenvalue weighted by Gasteiger charge is 2.24. The Kier molecular flexibility index (Phi) is 5.07. The zero-order chi connectivity index (χ0) is 15.6. The maximum absolute atomic E-state index is 11.8. The van der Waals surface area contributed by atoms with Crippen molar-refractivity contribution in [1.29, 1.82) is 0 Å². The van der Waals surface area contributed by atoms with E-state index < -0.39 is 5.60 Å². The Hall–Kier alpha value is -0.910. The first-order valence-electron chi connectivity index (χ1n) is 7.26. The molecular weight excluding hydrogens is 332 g/mol. The van der Waals surface area contributed by atoms with Crippen LogP contribution in [0.2, 0.25) is 0 Å². The van der Waals surface area contributed by atoms with Gasteiger partial charge in [0.25, 0.3) is 0 Å². The van der Waals surface area contributed by atoms with Crippen molar-refractivity contribution in [3.05, 3.63) is 28.2 Å². The molecule has 2 rings (SSSR count). The minimum atomic E-state index is -0.664. The first-order chi connectivity index (χ1) is 9.76. The first kappa shape index (κ1) is 16.5. The van der Waals surface area contributed by atoms with E-state index in [9.17, 15) is 9.90 Å². The van der Waals surface area contributed by atoms with Gasteiger partial charge in [-0.3, -0.25) is 9.69 Å². The molecule has 1 heterocycles. The van der Waals surface area contributed by atoms with Gasteiger partial charge in [0.1, 0.15) is 0 Å². The first-order valence-corrected chi connectivity index (χ1v) is 8.06. The monoisotopic (exact) mass is 354 g/mol. The number of carbonyl (C=O) groups is 1. The number of hydrogen-bond acceptors (Lipinski definition) is 4. The van der Waals surface area contributed by atoms with Gasteiger partial charge in [-0.2, -0.15) is 0 Å². The summed E-state index contributed by atoms with van der Waals surface area (Å²) in [6, 6.07) is 5.80. The molecule has 4 nitrogen and oxygen atoms in total. The standard InChI is InChI=1S/C16H23BrN2O2/c1-12(20)14-5-4-13(17)10-15(14)19-8-6-18(7-9-19)11-16(2,3)21/h4-5,10,21H,6-9,11H2,1-3H3. The van der Waals surface area contributed by atoms with E-state index in [4.69, 9.17) is 0 Å². The van der Waals surface area contributed by atoms with Crippen molar-refractivity contribution >= 4 is 27.4 Å². The van der Waals surface area contributed by atoms with Crippen LogP contribution in [0.1, 0.15) is 31.1 Å². The number of piperazine rings is 1. The summed E-state index contributed by atoms with van der Waals surface area (Å²) in [6.45, 7) is 9.49. The summed E-state index contributed by atoms with van der Waals surface area (Å²) in [4.78, 5) is 16.3. The highest BCUT2D eigenvalue weighted by atomic mass is 79.9. The van der Waals surface area contributed by atoms with Crippen molar-refractivity contribution in [3.8, 4) is 0 Å². The molecule has 5 heteroatoms. The Bertz CT molecular complexity index is 517. The SMILES string of the molecule is CC(=O)c1ccc(Br)cc1N1CCN(CC(C)(C)O)CC1. The number of aliphatic hydroxyl groups is 1. The molecule has 0 atom stereocenters. The zero-order valence-corrected chi connectivity index (χ0v) is 14.5. The second-order valence-corrected chi connectivity index (χ2v) is 7.21. The predicted molar refractivity (Wildman–Crippen MR) is 89.1 cm³/mol. The second kappa shape index (κ2) is 6.46. The van der Waals surface area contributed by atoms with E-state index in [1.165, 1.54) is 0 Å². The van der Waals surface area contributed by atoms with Crippen LogP contribution in [0.25, 0.3) is 0 Å². The van der Waals surface area contributed by atoms with Crippen molar-refractivity contribution in [2.75, 3.05) is 37.6 Å². The zero-order valence-electron chi connectivity index (χ0n) is 12.9. The summed E-state index contributed by atoms with van der Waals surface area (Å²) in [7, 11) is 0. The van der Waals surface area contributed by atoms with Crippen LogP contribution in [0.4, 0.5) is 5.69 Å². The lowest BCUT2D eigenvalue weighted by Gasteiger charge is -2.39. The van der Waals surface area contributed by atoms with Gasteiger partial charge in [-0.1, -0.05) is 15.9 Å². The van der Waals surface area contributed by atoms with Crippen LogP contribution in [0.5, 0.6) is 0 Å². The normalized spacial score (nSPS) is 17.1. The number of carbonyl (C=O) groups excluding carboxylic acids is 1. The lowest BCUT2D eigenvalue weighted by molar-refractivity contribution is 0.0345. The molecule has 1 aromatic carbocycles. The summed E-state index contributed by atoms with van der Waals surface area (Å²) < 4.78 is 0.987. The fourth-order valence-electron chi connectivity index (χ4n) is 2.76. The van der Waals surface area contributed by atoms with Gasteiger partial charge in [-0.15, -0.1) is 0 Å². The quantitative estimate of drug-likeness (QED) is 0.843. The fraction of sp³-hybridized carbons (Fsp3) is 0.562. The number of anilines is 1. The highest BCUT2D eigenvalue weighted by Crippen LogP contribution is 2.27. The largest absolute Gasteiger partial charge is 0.389 e. The van der Waals surface area contributed by atoms with Gasteiger partial charge in [0.05, 0.1) is 5.60 Å². The Labute approximate surface area is 134 Å². The summed E-state index contributed by atoms with van der Waals surface area (Å²) >= 11 is 3.48. The third kappa shape index (κ3) is 4.53. The van der Waals surface area contributed by atoms with Crippen LogP contribution in [-0.4, -0.2) is 54.1 Å². The van der Waals surface area contributed by atoms with Crippen molar-refractivity contribution in [2.24, 2.45) is 0 Å². The Morgan fingerprint density at radius 1 is 1.29 bits per heavy atom. The molecule has 0 unspecified atom stereocenters. The van der Waals surface area contributed by atoms with Crippen LogP contribution in [0.15, 0.2) is 22.7 Å². The van der Waals surface area contributed by atoms with Gasteiger partial charge >= 0.3 is 0 Å². The smallest absolute Gasteiger partial charge is 0.161 e. The Morgan fingerprint density at radius 3 is 2.43 bits per heavy atom. The molecule has 1 aliphatic heterocycles. The van der Waals surface area contributed by atoms with E-state index in [-0.39, 0.29) is 5.78 Å². The maximum Gasteiger partial charge on any atom is 0.161 e. The maximum atomic E-state index is 11.8. The van der Waals surface area contributed by atoms with E-state index in [0.717, 1.165) is 41.9 Å². The minimum Gasteiger partial charge on any atom is -0.389 e. The van der Waals surface area contributed by atoms with Crippen molar-refractivity contribution in [1.82, 2.24) is 4.90 Å². The average molecular weight is 355 g/mol. The lowest BCUT2D eigenvalue weighted by atomic mass is 10.1. The summed E-state index contributed by atoms with van der Waals surface area (Å²) in [5.41, 5.74) is 1.11. The molecular formula is C16H23BrN2O2. The summed E-state index contributed by atoms with van der Waals surface area (Å²) in [5.74, 6) is 0.0939. The number of Topliss-reactive ketones (excluding diaryl/α,β-unsaturated/α-hetero) is 1. The second-order valence-electron chi connectivity index (χ2n) is 6.29. The molecule has 1 fully saturated rings. The van der Waals surface area contributed by atoms with E-state index in [0.29, 0.717) is 6.54 Å². The van der Waals surface area contributed by atoms with Gasteiger partial charge < -0.3 is 10.0 Å². The minimum absolute atomic E-state index is 0.0939. The van der Waals surface area contributed by atoms with Crippen molar-refractivity contribution in [3.63, 3.8) is 0 Å². The highest BCUT2D eigenvalue weighted by molar-refractivity contribution is 9.10. The van der Waals surface area contributed by atoms with Crippen molar-refractivity contribution in [2.45, 2.75) is 26.4 Å². The molecule has 21 heavy (non-hydrogen) atoms. The van der Waals surface area contributed by atoms with E-state index >= 15 is 0 Å². The van der Waals surface area contributed by atoms with Crippen LogP contribution in [0.3, 0.4) is 0 Å². The van der Waals surface area contributed by atoms with Crippen LogP contribution in [0, 0.1) is 0 Å². The Morgan fingerprint density at radius 2 is 1.90 bits per heavy atom. The fourth-order valence-corrected chi connectivity index (χ4v) is 3.11. The van der Waals surface area contributed by atoms with Crippen LogP contribution in [-0.2, 0) is 0 Å². The third-order valence-electron chi connectivity index (χ3n) is 3.66. The molecule has 1 N–H and O–H groups in total. The average Bonchev–Trinajstić information content (AvgIpc) is 2.37. The predicted octanol–water partition coefficient (Wildman–Crippen LogP) is 2.54. The number of halogens is 1. The van der Waals surface area contributed by atoms with Gasteiger partial charge in [0, 0.05) is 48.4 Å². The molecule has 0 saturated carbocycles. The molecule has 0 radical (unpaired) electrons. The summed E-state index contributed by atoms with van der Waals surface area (Å²) in [6.07, 6.45) is 0. The molecule has 0 aliphatic carbocycles. The van der Waals surface area contributed by atoms with Crippen LogP contribution < -0.4 is 4.90 Å². The molecule has 1 aliphatic rings. The molecule has 0 spiro atoms. The molecule has 0 aromatic heterocycles. The molecule has 1 aromatic rings. The number of hydrogen-bond donors (Lipinski definition) is 1. The molecule has 0 amide bonds. The topological polar surface area (TPSA) is 43.8 Å². The van der Waals surface area contributed by atoms with Gasteiger partial charge in [0.2, 0.25) is 0 Å². The van der Waals surface area contributed by atoms with Gasteiger partial charge in [-0.05, 0) is 39.0 Å². The summed E-state index contributed by atoms with van der Waals surface area (Å²) in [5, 5.41) is 9.90. The number of rotatable bonds is 4. The number of ketones is 1. The van der Waals surface area contributed by atoms with E-state index in [1.807, 2.05) is 32.0 Å². The number of β-amino-alcohol motifs (C(OH)–C–C–N with tert-alkyl or cyclic N) is 1. The molecule has 0 bridgehead atoms. The molecule has 1 saturated heterocycles. The van der Waals surface area contributed by atoms with Crippen molar-refractivity contribution < 1.29 is 9.90 Å². The van der Waals surface area contributed by atoms with Crippen LogP contribution >= 0.6 is 15.9 Å². The molecule has 116 valence electrons.